The Balaban J connectivity index is 1.80. The van der Waals surface area contributed by atoms with Crippen molar-refractivity contribution in [3.8, 4) is 0 Å². The Bertz CT molecular complexity index is 1020. The van der Waals surface area contributed by atoms with Gasteiger partial charge in [0, 0.05) is 0 Å². The lowest BCUT2D eigenvalue weighted by Crippen LogP contribution is -2.33. The van der Waals surface area contributed by atoms with E-state index in [9.17, 15) is 20.1 Å². The van der Waals surface area contributed by atoms with Gasteiger partial charge in [0.25, 0.3) is 5.56 Å². The summed E-state index contributed by atoms with van der Waals surface area (Å²) in [6.07, 6.45) is -3.17. The molecule has 0 spiro atoms. The second-order valence-corrected chi connectivity index (χ2v) is 6.62. The quantitative estimate of drug-likeness (QED) is 0.567. The van der Waals surface area contributed by atoms with Crippen LogP contribution < -0.4 is 5.56 Å². The van der Waals surface area contributed by atoms with Gasteiger partial charge in [-0.25, -0.2) is 9.67 Å². The first-order valence-corrected chi connectivity index (χ1v) is 8.62. The standard InChI is InChI=1S/C18H20N4O5/c1-10-13-14(22(20-10)18-16(25)15(24)12(8-23)27-18)17(26)21(9-19-13)7-11-5-3-2-4-6-11/h2-6,9,12,15-16,18,23-25H,7-8H2,1H3/t12-,15-,16-,18?/m1/s1. The van der Waals surface area contributed by atoms with Crippen molar-refractivity contribution in [2.45, 2.75) is 38.0 Å². The predicted octanol–water partition coefficient (Wildman–Crippen LogP) is -0.439. The van der Waals surface area contributed by atoms with Crippen molar-refractivity contribution in [2.75, 3.05) is 6.61 Å². The van der Waals surface area contributed by atoms with Gasteiger partial charge in [-0.2, -0.15) is 5.10 Å². The molecule has 1 fully saturated rings. The fraction of sp³-hybridized carbons (Fsp3) is 0.389. The lowest BCUT2D eigenvalue weighted by molar-refractivity contribution is -0.0566. The van der Waals surface area contributed by atoms with Crippen molar-refractivity contribution in [3.05, 3.63) is 58.3 Å². The highest BCUT2D eigenvalue weighted by Crippen LogP contribution is 2.31. The molecule has 27 heavy (non-hydrogen) atoms. The van der Waals surface area contributed by atoms with Crippen LogP contribution in [-0.4, -0.2) is 59.6 Å². The molecule has 0 bridgehead atoms. The zero-order chi connectivity index (χ0) is 19.1. The van der Waals surface area contributed by atoms with Crippen LogP contribution in [0, 0.1) is 6.92 Å². The Labute approximate surface area is 154 Å². The summed E-state index contributed by atoms with van der Waals surface area (Å²) >= 11 is 0. The summed E-state index contributed by atoms with van der Waals surface area (Å²) in [4.78, 5) is 17.4. The number of aliphatic hydroxyl groups excluding tert-OH is 3. The van der Waals surface area contributed by atoms with Gasteiger partial charge in [0.15, 0.2) is 11.7 Å². The molecule has 3 heterocycles. The molecule has 4 atom stereocenters. The van der Waals surface area contributed by atoms with Crippen LogP contribution in [0.3, 0.4) is 0 Å². The summed E-state index contributed by atoms with van der Waals surface area (Å²) in [5.74, 6) is 0. The van der Waals surface area contributed by atoms with E-state index in [1.54, 1.807) is 6.92 Å². The van der Waals surface area contributed by atoms with E-state index >= 15 is 0 Å². The van der Waals surface area contributed by atoms with Gasteiger partial charge in [0.05, 0.1) is 25.2 Å². The van der Waals surface area contributed by atoms with Crippen LogP contribution in [0.15, 0.2) is 41.5 Å². The van der Waals surface area contributed by atoms with Crippen LogP contribution in [0.5, 0.6) is 0 Å². The third-order valence-corrected chi connectivity index (χ3v) is 4.80. The molecule has 0 aliphatic carbocycles. The summed E-state index contributed by atoms with van der Waals surface area (Å²) in [7, 11) is 0. The minimum Gasteiger partial charge on any atom is -0.394 e. The molecule has 2 aromatic heterocycles. The van der Waals surface area contributed by atoms with Crippen molar-refractivity contribution in [2.24, 2.45) is 0 Å². The average Bonchev–Trinajstić information content (AvgIpc) is 3.16. The van der Waals surface area contributed by atoms with Crippen LogP contribution in [0.1, 0.15) is 17.5 Å². The van der Waals surface area contributed by atoms with Crippen LogP contribution in [0.4, 0.5) is 0 Å². The molecule has 9 heteroatoms. The van der Waals surface area contributed by atoms with Crippen LogP contribution >= 0.6 is 0 Å². The molecule has 9 nitrogen and oxygen atoms in total. The number of hydrogen-bond donors (Lipinski definition) is 3. The summed E-state index contributed by atoms with van der Waals surface area (Å²) in [6, 6.07) is 9.49. The SMILES string of the molecule is Cc1nn(C2O[C@H](CO)[C@@H](O)[C@H]2O)c2c(=O)n(Cc3ccccc3)cnc12. The number of ether oxygens (including phenoxy) is 1. The number of fused-ring (bicyclic) bond motifs is 1. The van der Waals surface area contributed by atoms with Crippen molar-refractivity contribution in [3.63, 3.8) is 0 Å². The summed E-state index contributed by atoms with van der Waals surface area (Å²) in [5.41, 5.74) is 1.70. The summed E-state index contributed by atoms with van der Waals surface area (Å²) < 4.78 is 8.24. The Kier molecular flexibility index (Phi) is 4.52. The molecule has 3 aromatic rings. The monoisotopic (exact) mass is 372 g/mol. The van der Waals surface area contributed by atoms with Crippen LogP contribution in [0.2, 0.25) is 0 Å². The van der Waals surface area contributed by atoms with Crippen molar-refractivity contribution in [1.29, 1.82) is 0 Å². The third-order valence-electron chi connectivity index (χ3n) is 4.80. The highest BCUT2D eigenvalue weighted by Gasteiger charge is 2.44. The van der Waals surface area contributed by atoms with Gasteiger partial charge in [-0.3, -0.25) is 9.36 Å². The van der Waals surface area contributed by atoms with E-state index in [4.69, 9.17) is 4.74 Å². The Hall–Kier alpha value is -2.59. The van der Waals surface area contributed by atoms with Gasteiger partial charge < -0.3 is 20.1 Å². The Morgan fingerprint density at radius 3 is 2.59 bits per heavy atom. The largest absolute Gasteiger partial charge is 0.394 e. The minimum absolute atomic E-state index is 0.181. The van der Waals surface area contributed by atoms with E-state index in [1.807, 2.05) is 30.3 Å². The third kappa shape index (κ3) is 2.94. The lowest BCUT2D eigenvalue weighted by atomic mass is 10.1. The number of hydrogen-bond acceptors (Lipinski definition) is 7. The maximum Gasteiger partial charge on any atom is 0.279 e. The van der Waals surface area contributed by atoms with Gasteiger partial charge in [0.2, 0.25) is 0 Å². The van der Waals surface area contributed by atoms with Crippen LogP contribution in [0.25, 0.3) is 11.0 Å². The highest BCUT2D eigenvalue weighted by molar-refractivity contribution is 5.76. The molecule has 1 aliphatic heterocycles. The van der Waals surface area contributed by atoms with Crippen LogP contribution in [-0.2, 0) is 11.3 Å². The molecule has 3 N–H and O–H groups in total. The number of nitrogens with zero attached hydrogens (tertiary/aromatic N) is 4. The van der Waals surface area contributed by atoms with E-state index in [1.165, 1.54) is 15.6 Å². The van der Waals surface area contributed by atoms with E-state index in [-0.39, 0.29) is 11.1 Å². The lowest BCUT2D eigenvalue weighted by Gasteiger charge is -2.16. The maximum atomic E-state index is 13.1. The molecular weight excluding hydrogens is 352 g/mol. The molecule has 1 saturated heterocycles. The molecule has 4 rings (SSSR count). The number of benzene rings is 1. The molecule has 0 saturated carbocycles. The van der Waals surface area contributed by atoms with Gasteiger partial charge >= 0.3 is 0 Å². The van der Waals surface area contributed by atoms with Crippen molar-refractivity contribution < 1.29 is 20.1 Å². The molecule has 142 valence electrons. The number of rotatable bonds is 4. The summed E-state index contributed by atoms with van der Waals surface area (Å²) in [5, 5.41) is 33.9. The van der Waals surface area contributed by atoms with Gasteiger partial charge in [-0.1, -0.05) is 30.3 Å². The second kappa shape index (κ2) is 6.86. The predicted molar refractivity (Wildman–Crippen MR) is 95.1 cm³/mol. The first kappa shape index (κ1) is 17.8. The zero-order valence-electron chi connectivity index (χ0n) is 14.6. The Morgan fingerprint density at radius 1 is 1.19 bits per heavy atom. The zero-order valence-corrected chi connectivity index (χ0v) is 14.6. The van der Waals surface area contributed by atoms with E-state index in [0.29, 0.717) is 17.8 Å². The molecule has 1 aromatic carbocycles. The van der Waals surface area contributed by atoms with Crippen molar-refractivity contribution >= 4 is 11.0 Å². The van der Waals surface area contributed by atoms with E-state index < -0.39 is 31.1 Å². The average molecular weight is 372 g/mol. The first-order valence-electron chi connectivity index (χ1n) is 8.62. The normalized spacial score (nSPS) is 25.3. The summed E-state index contributed by atoms with van der Waals surface area (Å²) in [6.45, 7) is 1.58. The smallest absolute Gasteiger partial charge is 0.279 e. The number of aliphatic hydroxyl groups is 3. The van der Waals surface area contributed by atoms with E-state index in [2.05, 4.69) is 10.1 Å². The molecule has 1 aliphatic rings. The minimum atomic E-state index is -1.33. The molecule has 0 radical (unpaired) electrons. The fourth-order valence-corrected chi connectivity index (χ4v) is 3.37. The molecular formula is C18H20N4O5. The van der Waals surface area contributed by atoms with Crippen molar-refractivity contribution in [1.82, 2.24) is 19.3 Å². The molecule has 0 amide bonds. The van der Waals surface area contributed by atoms with Gasteiger partial charge in [-0.15, -0.1) is 0 Å². The van der Waals surface area contributed by atoms with Gasteiger partial charge in [-0.05, 0) is 12.5 Å². The molecule has 1 unspecified atom stereocenters. The maximum absolute atomic E-state index is 13.1. The second-order valence-electron chi connectivity index (χ2n) is 6.62. The fourth-order valence-electron chi connectivity index (χ4n) is 3.37. The van der Waals surface area contributed by atoms with Gasteiger partial charge in [0.1, 0.15) is 23.8 Å². The van der Waals surface area contributed by atoms with E-state index in [0.717, 1.165) is 5.56 Å². The highest BCUT2D eigenvalue weighted by atomic mass is 16.6. The topological polar surface area (TPSA) is 123 Å². The first-order chi connectivity index (χ1) is 13.0. The number of aryl methyl sites for hydroxylation is 1. The Morgan fingerprint density at radius 2 is 1.93 bits per heavy atom. The number of aromatic nitrogens is 4.